The molecule has 1 aliphatic heterocycles. The first-order valence-electron chi connectivity index (χ1n) is 11.0. The van der Waals surface area contributed by atoms with Gasteiger partial charge in [0.15, 0.2) is 0 Å². The first kappa shape index (κ1) is 22.8. The molecule has 0 spiro atoms. The molecule has 2 amide bonds. The van der Waals surface area contributed by atoms with Gasteiger partial charge in [0, 0.05) is 26.1 Å². The Balaban J connectivity index is 1.40. The van der Waals surface area contributed by atoms with Crippen molar-refractivity contribution in [2.24, 2.45) is 5.41 Å². The van der Waals surface area contributed by atoms with Gasteiger partial charge in [0.1, 0.15) is 12.6 Å². The van der Waals surface area contributed by atoms with E-state index in [9.17, 15) is 19.5 Å². The normalized spacial score (nSPS) is 20.1. The SMILES string of the molecule is COC[C@H](NC(=O)OCC1c2ccccc2-c2ccccc21)C(=O)N1CCC(C)(C(=O)O)C1. The third-order valence-corrected chi connectivity index (χ3v) is 6.57. The number of benzene rings is 2. The van der Waals surface area contributed by atoms with E-state index in [0.29, 0.717) is 13.0 Å². The third kappa shape index (κ3) is 4.43. The molecule has 2 aromatic rings. The predicted molar refractivity (Wildman–Crippen MR) is 121 cm³/mol. The summed E-state index contributed by atoms with van der Waals surface area (Å²) in [5, 5.41) is 12.0. The van der Waals surface area contributed by atoms with Crippen molar-refractivity contribution < 1.29 is 29.0 Å². The van der Waals surface area contributed by atoms with Gasteiger partial charge in [0.25, 0.3) is 0 Å². The van der Waals surface area contributed by atoms with Gasteiger partial charge in [0.05, 0.1) is 12.0 Å². The summed E-state index contributed by atoms with van der Waals surface area (Å²) < 4.78 is 10.7. The average Bonchev–Trinajstić information content (AvgIpc) is 3.36. The highest BCUT2D eigenvalue weighted by molar-refractivity contribution is 5.87. The van der Waals surface area contributed by atoms with Crippen LogP contribution in [0.2, 0.25) is 0 Å². The summed E-state index contributed by atoms with van der Waals surface area (Å²) in [6.07, 6.45) is -0.355. The van der Waals surface area contributed by atoms with E-state index >= 15 is 0 Å². The Morgan fingerprint density at radius 1 is 1.12 bits per heavy atom. The fraction of sp³-hybridized carbons (Fsp3) is 0.400. The highest BCUT2D eigenvalue weighted by Crippen LogP contribution is 2.44. The Labute approximate surface area is 192 Å². The molecular weight excluding hydrogens is 424 g/mol. The standard InChI is InChI=1S/C25H28N2O6/c1-25(23(29)30)11-12-27(15-25)22(28)21(14-32-2)26-24(31)33-13-20-18-9-5-3-7-16(18)17-8-4-6-10-19(17)20/h3-10,20-21H,11-15H2,1-2H3,(H,26,31)(H,29,30)/t21-,25?/m0/s1. The second-order valence-corrected chi connectivity index (χ2v) is 8.85. The van der Waals surface area contributed by atoms with E-state index in [1.165, 1.54) is 12.0 Å². The number of hydrogen-bond donors (Lipinski definition) is 2. The number of carboxylic acids is 1. The molecule has 0 bridgehead atoms. The molecule has 174 valence electrons. The van der Waals surface area contributed by atoms with Crippen molar-refractivity contribution in [2.75, 3.05) is 33.4 Å². The van der Waals surface area contributed by atoms with Crippen molar-refractivity contribution in [1.82, 2.24) is 10.2 Å². The number of methoxy groups -OCH3 is 1. The monoisotopic (exact) mass is 452 g/mol. The van der Waals surface area contributed by atoms with Crippen LogP contribution in [0.25, 0.3) is 11.1 Å². The number of likely N-dealkylation sites (tertiary alicyclic amines) is 1. The summed E-state index contributed by atoms with van der Waals surface area (Å²) >= 11 is 0. The van der Waals surface area contributed by atoms with Crippen molar-refractivity contribution in [3.05, 3.63) is 59.7 Å². The Kier molecular flexibility index (Phi) is 6.37. The van der Waals surface area contributed by atoms with Crippen LogP contribution >= 0.6 is 0 Å². The molecule has 2 atom stereocenters. The topological polar surface area (TPSA) is 105 Å². The van der Waals surface area contributed by atoms with Gasteiger partial charge in [-0.05, 0) is 35.6 Å². The van der Waals surface area contributed by atoms with E-state index in [1.807, 2.05) is 36.4 Å². The summed E-state index contributed by atoms with van der Waals surface area (Å²) in [7, 11) is 1.44. The molecule has 0 aromatic heterocycles. The van der Waals surface area contributed by atoms with E-state index in [-0.39, 0.29) is 31.6 Å². The van der Waals surface area contributed by atoms with Crippen LogP contribution < -0.4 is 5.32 Å². The number of carboxylic acid groups (broad SMARTS) is 1. The Hall–Kier alpha value is -3.39. The maximum absolute atomic E-state index is 13.0. The molecule has 1 saturated heterocycles. The van der Waals surface area contributed by atoms with Gasteiger partial charge in [-0.15, -0.1) is 0 Å². The minimum Gasteiger partial charge on any atom is -0.481 e. The molecule has 1 fully saturated rings. The number of fused-ring (bicyclic) bond motifs is 3. The number of ether oxygens (including phenoxy) is 2. The Morgan fingerprint density at radius 2 is 1.73 bits per heavy atom. The second kappa shape index (κ2) is 9.23. The van der Waals surface area contributed by atoms with E-state index in [2.05, 4.69) is 17.4 Å². The van der Waals surface area contributed by atoms with Crippen LogP contribution in [0.15, 0.2) is 48.5 Å². The molecule has 2 aliphatic rings. The summed E-state index contributed by atoms with van der Waals surface area (Å²) in [6, 6.07) is 15.1. The molecule has 4 rings (SSSR count). The lowest BCUT2D eigenvalue weighted by Gasteiger charge is -2.25. The zero-order chi connectivity index (χ0) is 23.6. The summed E-state index contributed by atoms with van der Waals surface area (Å²) in [6.45, 7) is 2.12. The summed E-state index contributed by atoms with van der Waals surface area (Å²) in [4.78, 5) is 38.5. The van der Waals surface area contributed by atoms with Crippen LogP contribution in [0.1, 0.15) is 30.4 Å². The largest absolute Gasteiger partial charge is 0.481 e. The molecule has 1 aliphatic carbocycles. The molecule has 8 nitrogen and oxygen atoms in total. The zero-order valence-corrected chi connectivity index (χ0v) is 18.7. The van der Waals surface area contributed by atoms with Crippen LogP contribution in [-0.2, 0) is 19.1 Å². The van der Waals surface area contributed by atoms with Crippen molar-refractivity contribution in [3.63, 3.8) is 0 Å². The number of nitrogens with one attached hydrogen (secondary N) is 1. The summed E-state index contributed by atoms with van der Waals surface area (Å²) in [5.41, 5.74) is 3.47. The number of carbonyl (C=O) groups excluding carboxylic acids is 2. The second-order valence-electron chi connectivity index (χ2n) is 8.85. The number of amides is 2. The van der Waals surface area contributed by atoms with Gasteiger partial charge in [-0.1, -0.05) is 48.5 Å². The van der Waals surface area contributed by atoms with Crippen LogP contribution in [-0.4, -0.2) is 67.4 Å². The number of nitrogens with zero attached hydrogens (tertiary/aromatic N) is 1. The third-order valence-electron chi connectivity index (χ3n) is 6.57. The number of hydrogen-bond acceptors (Lipinski definition) is 5. The first-order valence-corrected chi connectivity index (χ1v) is 11.0. The fourth-order valence-corrected chi connectivity index (χ4v) is 4.67. The van der Waals surface area contributed by atoms with Crippen LogP contribution in [0, 0.1) is 5.41 Å². The smallest absolute Gasteiger partial charge is 0.407 e. The lowest BCUT2D eigenvalue weighted by molar-refractivity contribution is -0.147. The molecule has 1 heterocycles. The van der Waals surface area contributed by atoms with Gasteiger partial charge in [0.2, 0.25) is 5.91 Å². The average molecular weight is 453 g/mol. The van der Waals surface area contributed by atoms with Gasteiger partial charge in [-0.2, -0.15) is 0 Å². The number of rotatable bonds is 7. The Morgan fingerprint density at radius 3 is 2.27 bits per heavy atom. The number of carbonyl (C=O) groups is 3. The van der Waals surface area contributed by atoms with Crippen molar-refractivity contribution in [3.8, 4) is 11.1 Å². The number of aliphatic carboxylic acids is 1. The molecule has 1 unspecified atom stereocenters. The molecule has 0 radical (unpaired) electrons. The van der Waals surface area contributed by atoms with E-state index in [4.69, 9.17) is 9.47 Å². The van der Waals surface area contributed by atoms with E-state index < -0.39 is 23.5 Å². The van der Waals surface area contributed by atoms with E-state index in [0.717, 1.165) is 22.3 Å². The van der Waals surface area contributed by atoms with Gasteiger partial charge in [-0.25, -0.2) is 4.79 Å². The van der Waals surface area contributed by atoms with Crippen LogP contribution in [0.5, 0.6) is 0 Å². The summed E-state index contributed by atoms with van der Waals surface area (Å²) in [5.74, 6) is -1.41. The molecule has 0 saturated carbocycles. The van der Waals surface area contributed by atoms with Gasteiger partial charge >= 0.3 is 12.1 Å². The molecule has 33 heavy (non-hydrogen) atoms. The lowest BCUT2D eigenvalue weighted by Crippen LogP contribution is -2.51. The quantitative estimate of drug-likeness (QED) is 0.669. The van der Waals surface area contributed by atoms with Gasteiger partial charge in [-0.3, -0.25) is 9.59 Å². The minimum absolute atomic E-state index is 0.0384. The zero-order valence-electron chi connectivity index (χ0n) is 18.7. The maximum atomic E-state index is 13.0. The predicted octanol–water partition coefficient (Wildman–Crippen LogP) is 2.86. The van der Waals surface area contributed by atoms with Crippen molar-refractivity contribution in [1.29, 1.82) is 0 Å². The van der Waals surface area contributed by atoms with E-state index in [1.54, 1.807) is 6.92 Å². The highest BCUT2D eigenvalue weighted by Gasteiger charge is 2.43. The molecule has 2 aromatic carbocycles. The molecule has 2 N–H and O–H groups in total. The van der Waals surface area contributed by atoms with Crippen LogP contribution in [0.3, 0.4) is 0 Å². The van der Waals surface area contributed by atoms with Gasteiger partial charge < -0.3 is 24.8 Å². The lowest BCUT2D eigenvalue weighted by atomic mass is 9.90. The minimum atomic E-state index is -0.989. The maximum Gasteiger partial charge on any atom is 0.407 e. The van der Waals surface area contributed by atoms with Crippen molar-refractivity contribution in [2.45, 2.75) is 25.3 Å². The fourth-order valence-electron chi connectivity index (χ4n) is 4.67. The first-order chi connectivity index (χ1) is 15.8. The van der Waals surface area contributed by atoms with Crippen molar-refractivity contribution >= 4 is 18.0 Å². The molecule has 8 heteroatoms. The molecular formula is C25H28N2O6. The van der Waals surface area contributed by atoms with Crippen LogP contribution in [0.4, 0.5) is 4.79 Å². The Bertz CT molecular complexity index is 1020. The number of alkyl carbamates (subject to hydrolysis) is 1. The highest BCUT2D eigenvalue weighted by atomic mass is 16.5.